The van der Waals surface area contributed by atoms with Crippen LogP contribution < -0.4 is 0 Å². The second-order valence-electron chi connectivity index (χ2n) is 5.52. The third kappa shape index (κ3) is 3.11. The maximum Gasteiger partial charge on any atom is 0.393 e. The topological polar surface area (TPSA) is 12.9 Å². The first-order valence-corrected chi connectivity index (χ1v) is 6.93. The van der Waals surface area contributed by atoms with E-state index in [0.29, 0.717) is 26.2 Å². The van der Waals surface area contributed by atoms with E-state index in [9.17, 15) is 52.7 Å². The number of nitrogens with zero attached hydrogens (tertiary/aromatic N) is 1. The van der Waals surface area contributed by atoms with Gasteiger partial charge in [0.15, 0.2) is 0 Å². The molecule has 1 aromatic heterocycles. The summed E-state index contributed by atoms with van der Waals surface area (Å²) in [5, 5.41) is -6.45. The minimum Gasteiger partial charge on any atom is -0.264 e. The van der Waals surface area contributed by atoms with E-state index in [1.54, 1.807) is 0 Å². The maximum absolute atomic E-state index is 14.1. The van der Waals surface area contributed by atoms with Crippen LogP contribution in [0.3, 0.4) is 0 Å². The Kier molecular flexibility index (Phi) is 5.52. The van der Waals surface area contributed by atoms with E-state index in [4.69, 9.17) is 0 Å². The highest BCUT2D eigenvalue weighted by atomic mass is 35.5. The summed E-state index contributed by atoms with van der Waals surface area (Å²) in [6.07, 6.45) is 0.980. The van der Waals surface area contributed by atoms with Gasteiger partial charge in [0.25, 0.3) is 0 Å². The van der Waals surface area contributed by atoms with Crippen molar-refractivity contribution < 1.29 is 52.7 Å². The first-order valence-electron chi connectivity index (χ1n) is 6.55. The predicted octanol–water partition coefficient (Wildman–Crippen LogP) is 6.16. The van der Waals surface area contributed by atoms with Crippen molar-refractivity contribution in [3.05, 3.63) is 29.1 Å². The van der Waals surface area contributed by atoms with Crippen molar-refractivity contribution in [1.82, 2.24) is 4.98 Å². The molecule has 27 heavy (non-hydrogen) atoms. The molecule has 0 aliphatic heterocycles. The second-order valence-corrected chi connectivity index (χ2v) is 5.99. The van der Waals surface area contributed by atoms with Gasteiger partial charge in [-0.05, 0) is 36.6 Å². The number of aromatic nitrogens is 1. The number of aryl methyl sites for hydroxylation is 2. The molecule has 0 unspecified atom stereocenters. The Morgan fingerprint density at radius 2 is 0.963 bits per heavy atom. The number of hydrogen-bond acceptors (Lipinski definition) is 1. The molecule has 0 spiro atoms. The Bertz CT molecular complexity index is 689. The van der Waals surface area contributed by atoms with Crippen LogP contribution in [0, 0.1) is 13.8 Å². The van der Waals surface area contributed by atoms with E-state index in [1.807, 2.05) is 0 Å². The van der Waals surface area contributed by atoms with Gasteiger partial charge >= 0.3 is 35.0 Å². The smallest absolute Gasteiger partial charge is 0.264 e. The van der Waals surface area contributed by atoms with Gasteiger partial charge in [-0.1, -0.05) is 0 Å². The van der Waals surface area contributed by atoms with E-state index in [1.165, 1.54) is 0 Å². The summed E-state index contributed by atoms with van der Waals surface area (Å²) in [6, 6.07) is 0. The highest BCUT2D eigenvalue weighted by Crippen LogP contribution is 2.62. The summed E-state index contributed by atoms with van der Waals surface area (Å²) in [4.78, 5) is 3.27. The van der Waals surface area contributed by atoms with Crippen LogP contribution in [0.4, 0.5) is 52.7 Å². The molecule has 0 atom stereocenters. The van der Waals surface area contributed by atoms with Crippen molar-refractivity contribution in [1.29, 1.82) is 0 Å². The van der Waals surface area contributed by atoms with Gasteiger partial charge in [0, 0.05) is 18.0 Å². The van der Waals surface area contributed by atoms with E-state index in [-0.39, 0.29) is 0 Å². The van der Waals surface area contributed by atoms with Gasteiger partial charge in [-0.15, -0.1) is 0 Å². The number of pyridine rings is 1. The fourth-order valence-electron chi connectivity index (χ4n) is 2.12. The molecule has 1 heterocycles. The minimum atomic E-state index is -7.66. The van der Waals surface area contributed by atoms with Gasteiger partial charge in [0.1, 0.15) is 0 Å². The van der Waals surface area contributed by atoms with Crippen LogP contribution >= 0.6 is 11.6 Å². The van der Waals surface area contributed by atoms with Crippen molar-refractivity contribution in [3.8, 4) is 0 Å². The molecule has 0 saturated heterocycles. The Balaban J connectivity index is 3.69. The third-order valence-electron chi connectivity index (χ3n) is 3.57. The molecule has 1 rings (SSSR count). The lowest BCUT2D eigenvalue weighted by Gasteiger charge is -2.40. The normalized spacial score (nSPS) is 15.2. The van der Waals surface area contributed by atoms with Crippen LogP contribution in [0.5, 0.6) is 0 Å². The van der Waals surface area contributed by atoms with E-state index in [0.717, 1.165) is 0 Å². The van der Waals surface area contributed by atoms with Gasteiger partial charge in [0.2, 0.25) is 0 Å². The molecular weight excluding hydrogens is 434 g/mol. The quantitative estimate of drug-likeness (QED) is 0.380. The zero-order chi connectivity index (χ0) is 21.9. The standard InChI is InChI=1S/C13H8ClF12N/c1-5-3-27-4-6(2)7(5)8(15,16)9(17,18)10(19,20)11(21,22)12(23,24)13(14,25)26/h3-4H,1-2H3. The molecule has 156 valence electrons. The number of rotatable bonds is 6. The van der Waals surface area contributed by atoms with Crippen molar-refractivity contribution >= 4 is 11.6 Å². The first-order chi connectivity index (χ1) is 11.7. The fourth-order valence-corrected chi connectivity index (χ4v) is 2.24. The molecule has 0 amide bonds. The lowest BCUT2D eigenvalue weighted by molar-refractivity contribution is -0.419. The number of alkyl halides is 13. The molecule has 14 heteroatoms. The fraction of sp³-hybridized carbons (Fsp3) is 0.615. The van der Waals surface area contributed by atoms with Gasteiger partial charge in [-0.25, -0.2) is 0 Å². The van der Waals surface area contributed by atoms with Crippen molar-refractivity contribution in [2.75, 3.05) is 0 Å². The number of halogens is 13. The molecule has 0 radical (unpaired) electrons. The Hall–Kier alpha value is -1.40. The van der Waals surface area contributed by atoms with Crippen LogP contribution in [0.15, 0.2) is 12.4 Å². The predicted molar refractivity (Wildman–Crippen MR) is 68.2 cm³/mol. The van der Waals surface area contributed by atoms with Gasteiger partial charge < -0.3 is 0 Å². The zero-order valence-corrected chi connectivity index (χ0v) is 13.8. The molecule has 0 aliphatic rings. The minimum absolute atomic E-state index is 0.490. The van der Waals surface area contributed by atoms with Crippen LogP contribution in [-0.4, -0.2) is 34.1 Å². The molecule has 0 fully saturated rings. The van der Waals surface area contributed by atoms with Gasteiger partial charge in [0.05, 0.1) is 0 Å². The molecule has 1 aromatic rings. The van der Waals surface area contributed by atoms with Crippen LogP contribution in [0.25, 0.3) is 0 Å². The maximum atomic E-state index is 14.1. The van der Waals surface area contributed by atoms with E-state index >= 15 is 0 Å². The largest absolute Gasteiger partial charge is 0.393 e. The highest BCUT2D eigenvalue weighted by Gasteiger charge is 2.90. The summed E-state index contributed by atoms with van der Waals surface area (Å²) in [6.45, 7) is 1.36. The third-order valence-corrected chi connectivity index (χ3v) is 3.81. The molecule has 0 saturated carbocycles. The summed E-state index contributed by atoms with van der Waals surface area (Å²) in [5.41, 5.74) is -3.64. The molecule has 0 aliphatic carbocycles. The van der Waals surface area contributed by atoms with Crippen LogP contribution in [0.2, 0.25) is 0 Å². The van der Waals surface area contributed by atoms with Gasteiger partial charge in [-0.2, -0.15) is 52.7 Å². The highest BCUT2D eigenvalue weighted by molar-refractivity contribution is 6.22. The summed E-state index contributed by atoms with van der Waals surface area (Å²) in [7, 11) is 0. The van der Waals surface area contributed by atoms with E-state index < -0.39 is 51.7 Å². The summed E-state index contributed by atoms with van der Waals surface area (Å²) in [5.74, 6) is -36.0. The average Bonchev–Trinajstić information content (AvgIpc) is 2.44. The Morgan fingerprint density at radius 3 is 1.30 bits per heavy atom. The van der Waals surface area contributed by atoms with Crippen molar-refractivity contribution in [2.45, 2.75) is 48.8 Å². The molecular formula is C13H8ClF12N. The Morgan fingerprint density at radius 1 is 0.630 bits per heavy atom. The zero-order valence-electron chi connectivity index (χ0n) is 13.0. The number of hydrogen-bond donors (Lipinski definition) is 0. The SMILES string of the molecule is Cc1cncc(C)c1C(F)(F)C(F)(F)C(F)(F)C(F)(F)C(F)(F)C(F)(F)Cl. The molecule has 0 bridgehead atoms. The molecule has 0 N–H and O–H groups in total. The summed E-state index contributed by atoms with van der Waals surface area (Å²) >= 11 is 3.61. The first kappa shape index (κ1) is 23.6. The Labute approximate surface area is 148 Å². The van der Waals surface area contributed by atoms with Crippen molar-refractivity contribution in [3.63, 3.8) is 0 Å². The summed E-state index contributed by atoms with van der Waals surface area (Å²) < 4.78 is 160. The van der Waals surface area contributed by atoms with Gasteiger partial charge in [-0.3, -0.25) is 4.98 Å². The second kappa shape index (κ2) is 6.31. The lowest BCUT2D eigenvalue weighted by atomic mass is 9.88. The monoisotopic (exact) mass is 441 g/mol. The van der Waals surface area contributed by atoms with E-state index in [2.05, 4.69) is 16.6 Å². The van der Waals surface area contributed by atoms with Crippen molar-refractivity contribution in [2.24, 2.45) is 0 Å². The van der Waals surface area contributed by atoms with Crippen LogP contribution in [-0.2, 0) is 5.92 Å². The lowest BCUT2D eigenvalue weighted by Crippen LogP contribution is -2.69. The molecule has 1 nitrogen and oxygen atoms in total. The average molecular weight is 442 g/mol. The van der Waals surface area contributed by atoms with Crippen LogP contribution in [0.1, 0.15) is 16.7 Å². The molecule has 0 aromatic carbocycles.